The van der Waals surface area contributed by atoms with Crippen molar-refractivity contribution in [1.82, 2.24) is 0 Å². The Labute approximate surface area is 222 Å². The maximum atomic E-state index is 3.53. The minimum atomic E-state index is 1.01. The first-order chi connectivity index (χ1) is 18.8. The molecule has 0 radical (unpaired) electrons. The van der Waals surface area contributed by atoms with Crippen LogP contribution in [0.3, 0.4) is 0 Å². The lowest BCUT2D eigenvalue weighted by Crippen LogP contribution is -1.89. The SMILES string of the molecule is C(#Cc1c2ccccc2cc2cc3c(C#Cc4ccccc4)c4ccccc4cc3cc12)c1ccccc1. The van der Waals surface area contributed by atoms with Gasteiger partial charge in [-0.1, -0.05) is 109 Å². The summed E-state index contributed by atoms with van der Waals surface area (Å²) in [6.07, 6.45) is 0. The number of benzene rings is 7. The Kier molecular flexibility index (Phi) is 5.37. The van der Waals surface area contributed by atoms with E-state index in [1.807, 2.05) is 36.4 Å². The molecule has 7 aromatic rings. The van der Waals surface area contributed by atoms with Crippen molar-refractivity contribution >= 4 is 43.1 Å². The molecule has 0 bridgehead atoms. The number of hydrogen-bond acceptors (Lipinski definition) is 0. The number of fused-ring (bicyclic) bond motifs is 4. The molecule has 0 aliphatic carbocycles. The second kappa shape index (κ2) is 9.29. The highest BCUT2D eigenvalue weighted by Crippen LogP contribution is 2.35. The van der Waals surface area contributed by atoms with E-state index in [0.717, 1.165) is 33.0 Å². The summed E-state index contributed by atoms with van der Waals surface area (Å²) >= 11 is 0. The Morgan fingerprint density at radius 2 is 0.684 bits per heavy atom. The molecular formula is C38H22. The summed E-state index contributed by atoms with van der Waals surface area (Å²) in [5.74, 6) is 13.9. The molecule has 0 amide bonds. The quantitative estimate of drug-likeness (QED) is 0.151. The van der Waals surface area contributed by atoms with Crippen LogP contribution in [-0.4, -0.2) is 0 Å². The van der Waals surface area contributed by atoms with E-state index in [4.69, 9.17) is 0 Å². The van der Waals surface area contributed by atoms with Crippen molar-refractivity contribution < 1.29 is 0 Å². The molecule has 0 spiro atoms. The van der Waals surface area contributed by atoms with Gasteiger partial charge in [0.05, 0.1) is 0 Å². The van der Waals surface area contributed by atoms with Crippen LogP contribution in [0.5, 0.6) is 0 Å². The largest absolute Gasteiger partial charge is 0.0622 e. The molecule has 0 heteroatoms. The van der Waals surface area contributed by atoms with Gasteiger partial charge in [-0.15, -0.1) is 0 Å². The molecule has 38 heavy (non-hydrogen) atoms. The molecule has 0 N–H and O–H groups in total. The Hall–Kier alpha value is -5.30. The molecular weight excluding hydrogens is 456 g/mol. The summed E-state index contributed by atoms with van der Waals surface area (Å²) in [6, 6.07) is 46.6. The Morgan fingerprint density at radius 1 is 0.289 bits per heavy atom. The van der Waals surface area contributed by atoms with Gasteiger partial charge in [0.15, 0.2) is 0 Å². The third kappa shape index (κ3) is 3.96. The molecule has 0 saturated carbocycles. The molecule has 0 aromatic heterocycles. The first-order valence-electron chi connectivity index (χ1n) is 12.8. The minimum absolute atomic E-state index is 1.01. The fraction of sp³-hybridized carbons (Fsp3) is 0. The van der Waals surface area contributed by atoms with Crippen LogP contribution < -0.4 is 0 Å². The highest BCUT2D eigenvalue weighted by Gasteiger charge is 2.11. The highest BCUT2D eigenvalue weighted by molar-refractivity contribution is 6.13. The van der Waals surface area contributed by atoms with E-state index in [-0.39, 0.29) is 0 Å². The zero-order valence-corrected chi connectivity index (χ0v) is 20.7. The molecule has 0 nitrogen and oxygen atoms in total. The van der Waals surface area contributed by atoms with Crippen LogP contribution in [0.15, 0.2) is 133 Å². The van der Waals surface area contributed by atoms with Gasteiger partial charge in [-0.3, -0.25) is 0 Å². The second-order valence-corrected chi connectivity index (χ2v) is 9.47. The predicted octanol–water partition coefficient (Wildman–Crippen LogP) is 9.10. The van der Waals surface area contributed by atoms with Gasteiger partial charge < -0.3 is 0 Å². The zero-order chi connectivity index (χ0) is 25.3. The van der Waals surface area contributed by atoms with Crippen molar-refractivity contribution in [2.45, 2.75) is 0 Å². The Bertz CT molecular complexity index is 1950. The standard InChI is InChI=1S/C38H22/c1-3-11-27(12-4-1)19-21-35-33-17-9-7-15-29(33)23-31-26-38-32(25-37(31)35)24-30-16-8-10-18-34(30)36(38)22-20-28-13-5-2-6-14-28/h1-18,23-26H. The van der Waals surface area contributed by atoms with Gasteiger partial charge >= 0.3 is 0 Å². The van der Waals surface area contributed by atoms with Crippen LogP contribution >= 0.6 is 0 Å². The summed E-state index contributed by atoms with van der Waals surface area (Å²) in [7, 11) is 0. The van der Waals surface area contributed by atoms with Gasteiger partial charge in [0.25, 0.3) is 0 Å². The third-order valence-electron chi connectivity index (χ3n) is 7.05. The topological polar surface area (TPSA) is 0 Å². The van der Waals surface area contributed by atoms with Crippen LogP contribution in [0.4, 0.5) is 0 Å². The second-order valence-electron chi connectivity index (χ2n) is 9.47. The van der Waals surface area contributed by atoms with Crippen LogP contribution in [-0.2, 0) is 0 Å². The molecule has 0 aliphatic heterocycles. The zero-order valence-electron chi connectivity index (χ0n) is 20.7. The van der Waals surface area contributed by atoms with Crippen LogP contribution in [0.25, 0.3) is 43.1 Å². The lowest BCUT2D eigenvalue weighted by Gasteiger charge is -2.12. The molecule has 0 fully saturated rings. The molecule has 7 aromatic carbocycles. The van der Waals surface area contributed by atoms with Gasteiger partial charge in [-0.05, 0) is 91.6 Å². The van der Waals surface area contributed by atoms with E-state index in [1.165, 1.54) is 32.3 Å². The van der Waals surface area contributed by atoms with Crippen LogP contribution in [0.1, 0.15) is 22.3 Å². The predicted molar refractivity (Wildman–Crippen MR) is 161 cm³/mol. The van der Waals surface area contributed by atoms with Gasteiger partial charge in [0.1, 0.15) is 0 Å². The molecule has 0 aliphatic rings. The first-order valence-corrected chi connectivity index (χ1v) is 12.8. The van der Waals surface area contributed by atoms with E-state index < -0.39 is 0 Å². The fourth-order valence-electron chi connectivity index (χ4n) is 5.21. The fourth-order valence-corrected chi connectivity index (χ4v) is 5.21. The van der Waals surface area contributed by atoms with Crippen LogP contribution in [0, 0.1) is 23.7 Å². The summed E-state index contributed by atoms with van der Waals surface area (Å²) in [5, 5.41) is 9.40. The van der Waals surface area contributed by atoms with Crippen LogP contribution in [0.2, 0.25) is 0 Å². The van der Waals surface area contributed by atoms with E-state index in [1.54, 1.807) is 0 Å². The van der Waals surface area contributed by atoms with Gasteiger partial charge in [-0.25, -0.2) is 0 Å². The van der Waals surface area contributed by atoms with Gasteiger partial charge in [0, 0.05) is 22.3 Å². The third-order valence-corrected chi connectivity index (χ3v) is 7.05. The molecule has 7 rings (SSSR count). The minimum Gasteiger partial charge on any atom is -0.0622 e. The van der Waals surface area contributed by atoms with E-state index in [9.17, 15) is 0 Å². The Balaban J connectivity index is 1.55. The average Bonchev–Trinajstić information content (AvgIpc) is 2.97. The van der Waals surface area contributed by atoms with Crippen molar-refractivity contribution in [2.24, 2.45) is 0 Å². The molecule has 0 heterocycles. The molecule has 0 saturated heterocycles. The van der Waals surface area contributed by atoms with E-state index in [0.29, 0.717) is 0 Å². The lowest BCUT2D eigenvalue weighted by molar-refractivity contribution is 1.65. The average molecular weight is 479 g/mol. The maximum absolute atomic E-state index is 3.53. The molecule has 0 atom stereocenters. The Morgan fingerprint density at radius 3 is 1.13 bits per heavy atom. The van der Waals surface area contributed by atoms with Crippen molar-refractivity contribution in [3.8, 4) is 23.7 Å². The molecule has 174 valence electrons. The number of hydrogen-bond donors (Lipinski definition) is 0. The number of rotatable bonds is 0. The normalized spacial score (nSPS) is 10.7. The van der Waals surface area contributed by atoms with Gasteiger partial charge in [0.2, 0.25) is 0 Å². The lowest BCUT2D eigenvalue weighted by atomic mass is 9.91. The van der Waals surface area contributed by atoms with Crippen molar-refractivity contribution in [2.75, 3.05) is 0 Å². The monoisotopic (exact) mass is 478 g/mol. The van der Waals surface area contributed by atoms with Crippen molar-refractivity contribution in [3.63, 3.8) is 0 Å². The first kappa shape index (κ1) is 21.9. The summed E-state index contributed by atoms with van der Waals surface area (Å²) in [6.45, 7) is 0. The van der Waals surface area contributed by atoms with E-state index >= 15 is 0 Å². The van der Waals surface area contributed by atoms with Crippen molar-refractivity contribution in [3.05, 3.63) is 156 Å². The van der Waals surface area contributed by atoms with E-state index in [2.05, 4.69) is 121 Å². The summed E-state index contributed by atoms with van der Waals surface area (Å²) in [4.78, 5) is 0. The summed E-state index contributed by atoms with van der Waals surface area (Å²) < 4.78 is 0. The smallest absolute Gasteiger partial charge is 0.0406 e. The summed E-state index contributed by atoms with van der Waals surface area (Å²) in [5.41, 5.74) is 4.15. The maximum Gasteiger partial charge on any atom is 0.0406 e. The molecule has 0 unspecified atom stereocenters. The van der Waals surface area contributed by atoms with Gasteiger partial charge in [-0.2, -0.15) is 0 Å². The highest BCUT2D eigenvalue weighted by atomic mass is 14.1. The van der Waals surface area contributed by atoms with Crippen molar-refractivity contribution in [1.29, 1.82) is 0 Å².